The number of hydrogen-bond acceptors (Lipinski definition) is 5. The second kappa shape index (κ2) is 7.12. The van der Waals surface area contributed by atoms with Crippen LogP contribution >= 0.6 is 0 Å². The quantitative estimate of drug-likeness (QED) is 0.486. The van der Waals surface area contributed by atoms with Crippen molar-refractivity contribution < 1.29 is 19.3 Å². The van der Waals surface area contributed by atoms with Crippen LogP contribution in [0, 0.1) is 17.0 Å². The van der Waals surface area contributed by atoms with Crippen molar-refractivity contribution in [1.29, 1.82) is 0 Å². The van der Waals surface area contributed by atoms with Gasteiger partial charge < -0.3 is 5.32 Å². The molecule has 2 aromatic carbocycles. The molecule has 3 amide bonds. The molecule has 0 aromatic heterocycles. The van der Waals surface area contributed by atoms with Crippen LogP contribution in [0.25, 0.3) is 0 Å². The van der Waals surface area contributed by atoms with Gasteiger partial charge in [0, 0.05) is 23.7 Å². The number of nitro groups is 1. The van der Waals surface area contributed by atoms with Gasteiger partial charge in [0.2, 0.25) is 0 Å². The van der Waals surface area contributed by atoms with Gasteiger partial charge in [-0.15, -0.1) is 0 Å². The minimum atomic E-state index is -0.544. The summed E-state index contributed by atoms with van der Waals surface area (Å²) >= 11 is 0. The highest BCUT2D eigenvalue weighted by atomic mass is 16.6. The highest BCUT2D eigenvalue weighted by molar-refractivity contribution is 6.35. The lowest BCUT2D eigenvalue weighted by Gasteiger charge is -2.16. The number of hydrogen-bond donors (Lipinski definition) is 1. The predicted octanol–water partition coefficient (Wildman–Crippen LogP) is 3.38. The summed E-state index contributed by atoms with van der Waals surface area (Å²) in [4.78, 5) is 49.7. The predicted molar refractivity (Wildman–Crippen MR) is 105 cm³/mol. The fraction of sp³-hybridized carbons (Fsp3) is 0.286. The Morgan fingerprint density at radius 1 is 1.07 bits per heavy atom. The molecule has 2 aromatic rings. The molecule has 0 bridgehead atoms. The fourth-order valence-corrected chi connectivity index (χ4v) is 3.94. The van der Waals surface area contributed by atoms with Crippen LogP contribution in [0.4, 0.5) is 11.4 Å². The molecule has 2 aliphatic rings. The number of nitro benzene ring substituents is 1. The van der Waals surface area contributed by atoms with Crippen LogP contribution in [-0.2, 0) is 0 Å². The lowest BCUT2D eigenvalue weighted by atomic mass is 10.0. The Kier molecular flexibility index (Phi) is 4.62. The van der Waals surface area contributed by atoms with E-state index in [-0.39, 0.29) is 28.8 Å². The number of imide groups is 1. The third-order valence-corrected chi connectivity index (χ3v) is 5.47. The minimum Gasteiger partial charge on any atom is -0.349 e. The lowest BCUT2D eigenvalue weighted by Crippen LogP contribution is -2.32. The first-order chi connectivity index (χ1) is 13.9. The van der Waals surface area contributed by atoms with Gasteiger partial charge in [-0.25, -0.2) is 4.90 Å². The standard InChI is InChI=1S/C21H19N3O5/c1-12-10-15(24(28)29)7-9-18(12)23-20(26)16-8-6-13(11-17(16)21(23)27)19(25)22-14-4-2-3-5-14/h6-11,14H,2-5H2,1H3,(H,22,25). The first kappa shape index (κ1) is 18.8. The summed E-state index contributed by atoms with van der Waals surface area (Å²) in [5.74, 6) is -1.31. The number of carbonyl (C=O) groups is 3. The van der Waals surface area contributed by atoms with Gasteiger partial charge in [-0.05, 0) is 49.6 Å². The Bertz CT molecular complexity index is 1060. The van der Waals surface area contributed by atoms with E-state index in [2.05, 4.69) is 5.32 Å². The molecule has 148 valence electrons. The Balaban J connectivity index is 1.63. The summed E-state index contributed by atoms with van der Waals surface area (Å²) in [7, 11) is 0. The summed E-state index contributed by atoms with van der Waals surface area (Å²) in [6, 6.07) is 8.59. The number of aryl methyl sites for hydroxylation is 1. The van der Waals surface area contributed by atoms with Gasteiger partial charge in [0.25, 0.3) is 23.4 Å². The van der Waals surface area contributed by atoms with E-state index in [0.29, 0.717) is 16.8 Å². The number of benzene rings is 2. The molecule has 0 saturated heterocycles. The number of carbonyl (C=O) groups excluding carboxylic acids is 3. The van der Waals surface area contributed by atoms with Gasteiger partial charge in [0.15, 0.2) is 0 Å². The topological polar surface area (TPSA) is 110 Å². The molecule has 0 unspecified atom stereocenters. The summed E-state index contributed by atoms with van der Waals surface area (Å²) in [6.07, 6.45) is 4.07. The van der Waals surface area contributed by atoms with Crippen molar-refractivity contribution in [2.75, 3.05) is 4.90 Å². The molecule has 29 heavy (non-hydrogen) atoms. The Hall–Kier alpha value is -3.55. The molecular weight excluding hydrogens is 374 g/mol. The molecule has 1 aliphatic heterocycles. The van der Waals surface area contributed by atoms with Crippen molar-refractivity contribution >= 4 is 29.1 Å². The summed E-state index contributed by atoms with van der Waals surface area (Å²) in [5, 5.41) is 13.9. The molecule has 1 heterocycles. The molecule has 8 heteroatoms. The van der Waals surface area contributed by atoms with E-state index in [4.69, 9.17) is 0 Å². The largest absolute Gasteiger partial charge is 0.349 e. The third kappa shape index (κ3) is 3.26. The van der Waals surface area contributed by atoms with E-state index in [1.807, 2.05) is 0 Å². The van der Waals surface area contributed by atoms with Crippen molar-refractivity contribution in [2.24, 2.45) is 0 Å². The van der Waals surface area contributed by atoms with E-state index in [9.17, 15) is 24.5 Å². The highest BCUT2D eigenvalue weighted by Gasteiger charge is 2.38. The first-order valence-electron chi connectivity index (χ1n) is 9.45. The third-order valence-electron chi connectivity index (χ3n) is 5.47. The van der Waals surface area contributed by atoms with E-state index < -0.39 is 16.7 Å². The number of nitrogens with zero attached hydrogens (tertiary/aromatic N) is 2. The van der Waals surface area contributed by atoms with Crippen LogP contribution in [0.3, 0.4) is 0 Å². The summed E-state index contributed by atoms with van der Waals surface area (Å²) in [6.45, 7) is 1.60. The average molecular weight is 393 g/mol. The van der Waals surface area contributed by atoms with Crippen LogP contribution in [0.15, 0.2) is 36.4 Å². The zero-order valence-corrected chi connectivity index (χ0v) is 15.8. The first-order valence-corrected chi connectivity index (χ1v) is 9.45. The second-order valence-electron chi connectivity index (χ2n) is 7.39. The normalized spacial score (nSPS) is 16.2. The smallest absolute Gasteiger partial charge is 0.269 e. The van der Waals surface area contributed by atoms with E-state index in [1.165, 1.54) is 30.3 Å². The van der Waals surface area contributed by atoms with Crippen LogP contribution in [0.2, 0.25) is 0 Å². The van der Waals surface area contributed by atoms with Crippen molar-refractivity contribution in [3.8, 4) is 0 Å². The van der Waals surface area contributed by atoms with Crippen molar-refractivity contribution in [3.05, 3.63) is 68.8 Å². The van der Waals surface area contributed by atoms with Gasteiger partial charge in [-0.2, -0.15) is 0 Å². The fourth-order valence-electron chi connectivity index (χ4n) is 3.94. The van der Waals surface area contributed by atoms with Crippen LogP contribution in [-0.4, -0.2) is 28.7 Å². The maximum Gasteiger partial charge on any atom is 0.269 e. The van der Waals surface area contributed by atoms with Crippen molar-refractivity contribution in [2.45, 2.75) is 38.6 Å². The van der Waals surface area contributed by atoms with Gasteiger partial charge in [0.05, 0.1) is 21.7 Å². The summed E-state index contributed by atoms with van der Waals surface area (Å²) < 4.78 is 0. The molecule has 4 rings (SSSR count). The molecule has 1 saturated carbocycles. The average Bonchev–Trinajstić information content (AvgIpc) is 3.29. The molecule has 8 nitrogen and oxygen atoms in total. The molecule has 0 radical (unpaired) electrons. The van der Waals surface area contributed by atoms with Crippen LogP contribution in [0.1, 0.15) is 62.3 Å². The molecule has 0 atom stereocenters. The van der Waals surface area contributed by atoms with Gasteiger partial charge in [-0.3, -0.25) is 24.5 Å². The Labute approximate surface area is 166 Å². The van der Waals surface area contributed by atoms with Crippen molar-refractivity contribution in [1.82, 2.24) is 5.32 Å². The molecule has 1 fully saturated rings. The van der Waals surface area contributed by atoms with E-state index in [0.717, 1.165) is 30.6 Å². The number of fused-ring (bicyclic) bond motifs is 1. The lowest BCUT2D eigenvalue weighted by molar-refractivity contribution is -0.384. The minimum absolute atomic E-state index is 0.117. The number of amides is 3. The zero-order valence-electron chi connectivity index (χ0n) is 15.8. The number of anilines is 1. The SMILES string of the molecule is Cc1cc([N+](=O)[O-])ccc1N1C(=O)c2ccc(C(=O)NC3CCCC3)cc2C1=O. The number of rotatable bonds is 4. The highest BCUT2D eigenvalue weighted by Crippen LogP contribution is 2.33. The van der Waals surface area contributed by atoms with E-state index >= 15 is 0 Å². The number of nitrogens with one attached hydrogen (secondary N) is 1. The molecule has 0 spiro atoms. The van der Waals surface area contributed by atoms with Crippen LogP contribution in [0.5, 0.6) is 0 Å². The Morgan fingerprint density at radius 2 is 1.76 bits per heavy atom. The monoisotopic (exact) mass is 393 g/mol. The molecule has 1 aliphatic carbocycles. The van der Waals surface area contributed by atoms with Gasteiger partial charge in [-0.1, -0.05) is 12.8 Å². The zero-order chi connectivity index (χ0) is 20.7. The van der Waals surface area contributed by atoms with Gasteiger partial charge >= 0.3 is 0 Å². The van der Waals surface area contributed by atoms with E-state index in [1.54, 1.807) is 13.0 Å². The van der Waals surface area contributed by atoms with Crippen LogP contribution < -0.4 is 10.2 Å². The maximum absolute atomic E-state index is 12.9. The number of non-ortho nitro benzene ring substituents is 1. The molecule has 1 N–H and O–H groups in total. The Morgan fingerprint density at radius 3 is 2.41 bits per heavy atom. The molecular formula is C21H19N3O5. The van der Waals surface area contributed by atoms with Gasteiger partial charge in [0.1, 0.15) is 0 Å². The summed E-state index contributed by atoms with van der Waals surface area (Å²) in [5.41, 5.74) is 1.32. The second-order valence-corrected chi connectivity index (χ2v) is 7.39. The maximum atomic E-state index is 12.9. The van der Waals surface area contributed by atoms with Crippen molar-refractivity contribution in [3.63, 3.8) is 0 Å².